The zero-order valence-corrected chi connectivity index (χ0v) is 20.8. The first kappa shape index (κ1) is 28.3. The maximum Gasteiger partial charge on any atom is 0.0160 e. The second-order valence-electron chi connectivity index (χ2n) is 6.07. The maximum atomic E-state index is 3.62. The van der Waals surface area contributed by atoms with Crippen molar-refractivity contribution in [2.75, 3.05) is 19.5 Å². The van der Waals surface area contributed by atoms with Crippen LogP contribution in [0.15, 0.2) is 78.4 Å². The maximum absolute atomic E-state index is 3.62. The summed E-state index contributed by atoms with van der Waals surface area (Å²) in [6.45, 7) is 4.74. The van der Waals surface area contributed by atoms with Gasteiger partial charge in [-0.25, -0.2) is 11.6 Å². The van der Waals surface area contributed by atoms with Crippen molar-refractivity contribution in [2.24, 2.45) is 0 Å². The molecule has 0 atom stereocenters. The van der Waals surface area contributed by atoms with Crippen molar-refractivity contribution in [1.82, 2.24) is 0 Å². The van der Waals surface area contributed by atoms with Crippen molar-refractivity contribution in [3.05, 3.63) is 95.6 Å². The average molecular weight is 506 g/mol. The van der Waals surface area contributed by atoms with Gasteiger partial charge in [-0.2, -0.15) is 6.08 Å². The summed E-state index contributed by atoms with van der Waals surface area (Å²) in [5, 5.41) is 0. The largest absolute Gasteiger partial charge is 0.268 e. The second kappa shape index (κ2) is 13.3. The van der Waals surface area contributed by atoms with Gasteiger partial charge < -0.3 is 0 Å². The van der Waals surface area contributed by atoms with Crippen molar-refractivity contribution < 1.29 is 26.2 Å². The molecular formula is C21H25Cl3PZr-. The molecule has 0 fully saturated rings. The van der Waals surface area contributed by atoms with Crippen LogP contribution in [-0.2, 0) is 31.6 Å². The molecule has 26 heavy (non-hydrogen) atoms. The Morgan fingerprint density at radius 2 is 1.31 bits per heavy atom. The molecule has 5 heteroatoms. The Bertz CT molecular complexity index is 645. The van der Waals surface area contributed by atoms with Crippen LogP contribution < -0.4 is 0 Å². The van der Waals surface area contributed by atoms with Gasteiger partial charge in [0, 0.05) is 31.6 Å². The van der Waals surface area contributed by atoms with Crippen LogP contribution in [0.3, 0.4) is 0 Å². The molecule has 2 aromatic carbocycles. The smallest absolute Gasteiger partial charge is 0.0160 e. The van der Waals surface area contributed by atoms with Gasteiger partial charge in [-0.05, 0) is 30.6 Å². The third-order valence-electron chi connectivity index (χ3n) is 4.24. The zero-order valence-electron chi connectivity index (χ0n) is 15.0. The van der Waals surface area contributed by atoms with Crippen LogP contribution in [0.2, 0.25) is 0 Å². The minimum atomic E-state index is -0.0648. The fourth-order valence-electron chi connectivity index (χ4n) is 3.36. The molecule has 2 aromatic rings. The molecule has 0 heterocycles. The zero-order chi connectivity index (χ0) is 15.4. The molecule has 0 aliphatic heterocycles. The molecule has 1 aliphatic carbocycles. The van der Waals surface area contributed by atoms with E-state index >= 15 is 0 Å². The summed E-state index contributed by atoms with van der Waals surface area (Å²) in [7, 11) is -0.0465. The van der Waals surface area contributed by atoms with Crippen molar-refractivity contribution in [3.8, 4) is 0 Å². The van der Waals surface area contributed by atoms with Crippen LogP contribution in [0.5, 0.6) is 0 Å². The quantitative estimate of drug-likeness (QED) is 0.314. The SMILES string of the molecule is CP(C)CC(C1=[C-]CC=C1)(c1ccccc1)c1ccccc1.Cl.Cl.Cl.[Zr]. The van der Waals surface area contributed by atoms with Gasteiger partial charge in [0.2, 0.25) is 0 Å². The van der Waals surface area contributed by atoms with E-state index in [0.29, 0.717) is 0 Å². The van der Waals surface area contributed by atoms with Crippen LogP contribution in [0.4, 0.5) is 0 Å². The predicted molar refractivity (Wildman–Crippen MR) is 120 cm³/mol. The van der Waals surface area contributed by atoms with Crippen LogP contribution in [0.1, 0.15) is 17.5 Å². The fraction of sp³-hybridized carbons (Fsp3) is 0.238. The number of halogens is 3. The van der Waals surface area contributed by atoms with E-state index in [9.17, 15) is 0 Å². The summed E-state index contributed by atoms with van der Waals surface area (Å²) < 4.78 is 0. The molecule has 0 saturated heterocycles. The van der Waals surface area contributed by atoms with Gasteiger partial charge in [0.05, 0.1) is 0 Å². The second-order valence-corrected chi connectivity index (χ2v) is 8.55. The summed E-state index contributed by atoms with van der Waals surface area (Å²) in [6, 6.07) is 21.9. The van der Waals surface area contributed by atoms with E-state index in [4.69, 9.17) is 0 Å². The molecule has 0 amide bonds. The molecule has 3 rings (SSSR count). The Hall–Kier alpha value is 0.103. The monoisotopic (exact) mass is 503 g/mol. The average Bonchev–Trinajstić information content (AvgIpc) is 3.09. The summed E-state index contributed by atoms with van der Waals surface area (Å²) >= 11 is 0. The van der Waals surface area contributed by atoms with E-state index in [2.05, 4.69) is 92.2 Å². The van der Waals surface area contributed by atoms with E-state index in [1.54, 1.807) is 0 Å². The van der Waals surface area contributed by atoms with Crippen LogP contribution >= 0.6 is 45.1 Å². The minimum absolute atomic E-state index is 0. The predicted octanol–water partition coefficient (Wildman–Crippen LogP) is 6.67. The minimum Gasteiger partial charge on any atom is -0.268 e. The fourth-order valence-corrected chi connectivity index (χ4v) is 4.85. The third kappa shape index (κ3) is 6.05. The Balaban J connectivity index is 0. The summed E-state index contributed by atoms with van der Waals surface area (Å²) in [5.74, 6) is 0. The molecule has 0 radical (unpaired) electrons. The Kier molecular flexibility index (Phi) is 14.5. The number of hydrogen-bond donors (Lipinski definition) is 0. The van der Waals surface area contributed by atoms with Crippen LogP contribution in [0, 0.1) is 6.08 Å². The molecule has 0 aromatic heterocycles. The van der Waals surface area contributed by atoms with Gasteiger partial charge in [0.1, 0.15) is 0 Å². The summed E-state index contributed by atoms with van der Waals surface area (Å²) in [4.78, 5) is 0. The Morgan fingerprint density at radius 3 is 1.65 bits per heavy atom. The Morgan fingerprint density at radius 1 is 0.846 bits per heavy atom. The van der Waals surface area contributed by atoms with E-state index in [1.165, 1.54) is 16.7 Å². The molecule has 0 nitrogen and oxygen atoms in total. The first-order valence-electron chi connectivity index (χ1n) is 7.77. The van der Waals surface area contributed by atoms with Crippen LogP contribution in [-0.4, -0.2) is 19.5 Å². The standard InChI is InChI=1S/C21H22P.3ClH.Zr/c1-22(2)17-21(20-15-9-10-16-20,18-11-5-3-6-12-18)19-13-7-4-8-14-19;;;;/h3-9,11-15H,10,17H2,1-2H3;3*1H;/q-1;;;;. The molecule has 0 saturated carbocycles. The summed E-state index contributed by atoms with van der Waals surface area (Å²) in [6.07, 6.45) is 10.2. The summed E-state index contributed by atoms with van der Waals surface area (Å²) in [5.41, 5.74) is 4.03. The van der Waals surface area contributed by atoms with Gasteiger partial charge in [-0.3, -0.25) is 6.08 Å². The van der Waals surface area contributed by atoms with Gasteiger partial charge in [0.25, 0.3) is 0 Å². The number of benzene rings is 2. The number of hydrogen-bond acceptors (Lipinski definition) is 0. The van der Waals surface area contributed by atoms with Gasteiger partial charge in [-0.1, -0.05) is 60.7 Å². The van der Waals surface area contributed by atoms with Crippen molar-refractivity contribution in [1.29, 1.82) is 0 Å². The van der Waals surface area contributed by atoms with Gasteiger partial charge in [0.15, 0.2) is 0 Å². The number of rotatable bonds is 5. The molecule has 0 bridgehead atoms. The molecule has 1 aliphatic rings. The Labute approximate surface area is 197 Å². The van der Waals surface area contributed by atoms with E-state index < -0.39 is 0 Å². The van der Waals surface area contributed by atoms with E-state index in [1.807, 2.05) is 0 Å². The van der Waals surface area contributed by atoms with Crippen molar-refractivity contribution in [3.63, 3.8) is 0 Å². The topological polar surface area (TPSA) is 0 Å². The van der Waals surface area contributed by atoms with Crippen LogP contribution in [0.25, 0.3) is 0 Å². The van der Waals surface area contributed by atoms with Crippen molar-refractivity contribution >= 4 is 45.1 Å². The first-order chi connectivity index (χ1) is 10.7. The van der Waals surface area contributed by atoms with Gasteiger partial charge in [-0.15, -0.1) is 51.6 Å². The molecule has 0 N–H and O–H groups in total. The molecule has 140 valence electrons. The molecular weight excluding hydrogens is 481 g/mol. The van der Waals surface area contributed by atoms with E-state index in [-0.39, 0.29) is 76.8 Å². The van der Waals surface area contributed by atoms with Crippen molar-refractivity contribution in [2.45, 2.75) is 11.8 Å². The molecule has 0 unspecified atom stereocenters. The first-order valence-corrected chi connectivity index (χ1v) is 10.2. The van der Waals surface area contributed by atoms with E-state index in [0.717, 1.165) is 12.6 Å². The normalized spacial score (nSPS) is 12.2. The number of allylic oxidation sites excluding steroid dienone is 4. The third-order valence-corrected chi connectivity index (χ3v) is 5.35. The van der Waals surface area contributed by atoms with Gasteiger partial charge >= 0.3 is 0 Å². The molecule has 0 spiro atoms.